The summed E-state index contributed by atoms with van der Waals surface area (Å²) in [6, 6.07) is 5.24. The van der Waals surface area contributed by atoms with E-state index in [0.29, 0.717) is 10.9 Å². The smallest absolute Gasteiger partial charge is 0.251 e. The van der Waals surface area contributed by atoms with E-state index in [1.165, 1.54) is 6.92 Å². The second kappa shape index (κ2) is 4.65. The highest BCUT2D eigenvalue weighted by Crippen LogP contribution is 2.26. The fraction of sp³-hybridized carbons (Fsp3) is 0.333. The van der Waals surface area contributed by atoms with E-state index >= 15 is 0 Å². The van der Waals surface area contributed by atoms with Gasteiger partial charge in [0, 0.05) is 0 Å². The molecule has 0 atom stereocenters. The van der Waals surface area contributed by atoms with Gasteiger partial charge in [0.05, 0.1) is 17.2 Å². The van der Waals surface area contributed by atoms with Crippen molar-refractivity contribution in [3.8, 4) is 5.88 Å². The van der Waals surface area contributed by atoms with E-state index in [-0.39, 0.29) is 18.3 Å². The van der Waals surface area contributed by atoms with Gasteiger partial charge < -0.3 is 4.74 Å². The van der Waals surface area contributed by atoms with Gasteiger partial charge in [-0.3, -0.25) is 4.79 Å². The maximum Gasteiger partial charge on any atom is 0.251 e. The summed E-state index contributed by atoms with van der Waals surface area (Å²) in [5.41, 5.74) is 1.39. The van der Waals surface area contributed by atoms with Crippen LogP contribution in [0.4, 0.5) is 0 Å². The van der Waals surface area contributed by atoms with Gasteiger partial charge in [0.25, 0.3) is 10.0 Å². The van der Waals surface area contributed by atoms with Gasteiger partial charge in [-0.25, -0.2) is 8.42 Å². The number of aryl methyl sites for hydroxylation is 1. The highest BCUT2D eigenvalue weighted by molar-refractivity contribution is 7.89. The van der Waals surface area contributed by atoms with Crippen molar-refractivity contribution in [3.63, 3.8) is 0 Å². The number of nitrogens with zero attached hydrogens (tertiary/aromatic N) is 2. The third-order valence-electron chi connectivity index (χ3n) is 2.50. The largest absolute Gasteiger partial charge is 0.468 e. The van der Waals surface area contributed by atoms with Crippen molar-refractivity contribution < 1.29 is 17.9 Å². The Labute approximate surface area is 111 Å². The second-order valence-electron chi connectivity index (χ2n) is 4.42. The van der Waals surface area contributed by atoms with Gasteiger partial charge in [-0.15, -0.1) is 5.10 Å². The van der Waals surface area contributed by atoms with Crippen molar-refractivity contribution in [1.29, 1.82) is 0 Å². The molecule has 0 bridgehead atoms. The van der Waals surface area contributed by atoms with E-state index in [4.69, 9.17) is 4.74 Å². The number of rotatable bonds is 4. The van der Waals surface area contributed by atoms with Crippen LogP contribution in [0.15, 0.2) is 18.2 Å². The summed E-state index contributed by atoms with van der Waals surface area (Å²) in [6.45, 7) is 3.14. The Morgan fingerprint density at radius 3 is 2.68 bits per heavy atom. The molecule has 7 heteroatoms. The van der Waals surface area contributed by atoms with Crippen LogP contribution >= 0.6 is 0 Å². The second-order valence-corrected chi connectivity index (χ2v) is 6.23. The van der Waals surface area contributed by atoms with Crippen LogP contribution in [0.5, 0.6) is 5.88 Å². The summed E-state index contributed by atoms with van der Waals surface area (Å²) >= 11 is 0. The molecule has 0 aliphatic carbocycles. The van der Waals surface area contributed by atoms with E-state index in [1.54, 1.807) is 18.2 Å². The molecule has 0 amide bonds. The summed E-state index contributed by atoms with van der Waals surface area (Å²) in [7, 11) is -3.52. The van der Waals surface area contributed by atoms with Crippen LogP contribution in [0.2, 0.25) is 0 Å². The van der Waals surface area contributed by atoms with Gasteiger partial charge in [-0.1, -0.05) is 11.6 Å². The summed E-state index contributed by atoms with van der Waals surface area (Å²) in [5.74, 6) is -0.00552. The van der Waals surface area contributed by atoms with Crippen LogP contribution < -0.4 is 4.74 Å². The van der Waals surface area contributed by atoms with Crippen LogP contribution in [0.3, 0.4) is 0 Å². The topological polar surface area (TPSA) is 78.3 Å². The molecule has 2 aromatic rings. The molecular weight excluding hydrogens is 268 g/mol. The van der Waals surface area contributed by atoms with Crippen molar-refractivity contribution in [2.75, 3.05) is 12.9 Å². The molecule has 2 rings (SSSR count). The molecule has 0 fully saturated rings. The number of ketones is 1. The van der Waals surface area contributed by atoms with Gasteiger partial charge >= 0.3 is 0 Å². The zero-order valence-corrected chi connectivity index (χ0v) is 11.7. The first-order chi connectivity index (χ1) is 8.79. The number of aromatic nitrogens is 2. The van der Waals surface area contributed by atoms with Gasteiger partial charge in [0.2, 0.25) is 5.88 Å². The van der Waals surface area contributed by atoms with Crippen molar-refractivity contribution in [1.82, 2.24) is 9.19 Å². The minimum absolute atomic E-state index is 0.135. The van der Waals surface area contributed by atoms with Gasteiger partial charge in [0.15, 0.2) is 5.78 Å². The maximum atomic E-state index is 11.7. The zero-order chi connectivity index (χ0) is 14.2. The Morgan fingerprint density at radius 2 is 2.11 bits per heavy atom. The maximum absolute atomic E-state index is 11.7. The summed E-state index contributed by atoms with van der Waals surface area (Å²) in [4.78, 5) is 10.9. The fourth-order valence-electron chi connectivity index (χ4n) is 1.71. The van der Waals surface area contributed by atoms with Crippen LogP contribution in [-0.2, 0) is 14.8 Å². The Bertz CT molecular complexity index is 746. The first-order valence-electron chi connectivity index (χ1n) is 5.61. The number of carbonyl (C=O) groups is 1. The minimum Gasteiger partial charge on any atom is -0.468 e. The number of Topliss-reactive ketones (excluding diaryl/α,β-unsaturated/α-hetero) is 1. The Balaban J connectivity index is 2.63. The Kier molecular flexibility index (Phi) is 3.32. The summed E-state index contributed by atoms with van der Waals surface area (Å²) in [6.07, 6.45) is 1.06. The molecule has 0 aliphatic heterocycles. The van der Waals surface area contributed by atoms with Crippen LogP contribution in [-0.4, -0.2) is 36.2 Å². The Hall–Kier alpha value is -1.89. The summed E-state index contributed by atoms with van der Waals surface area (Å²) in [5, 5.41) is 4.50. The number of carbonyl (C=O) groups excluding carboxylic acids is 1. The predicted molar refractivity (Wildman–Crippen MR) is 70.9 cm³/mol. The quantitative estimate of drug-likeness (QED) is 0.839. The van der Waals surface area contributed by atoms with E-state index in [9.17, 15) is 13.2 Å². The van der Waals surface area contributed by atoms with Gasteiger partial charge in [-0.2, -0.15) is 4.09 Å². The normalized spacial score (nSPS) is 11.7. The van der Waals surface area contributed by atoms with Crippen molar-refractivity contribution >= 4 is 26.7 Å². The molecule has 1 heterocycles. The van der Waals surface area contributed by atoms with E-state index in [1.807, 2.05) is 6.92 Å². The number of hydrogen-bond donors (Lipinski definition) is 0. The summed E-state index contributed by atoms with van der Waals surface area (Å²) < 4.78 is 29.5. The average molecular weight is 282 g/mol. The number of hydrogen-bond acceptors (Lipinski definition) is 5. The number of fused-ring (bicyclic) bond motifs is 1. The SMILES string of the molecule is CC(=O)COc1nn(S(C)(=O)=O)c2ccc(C)cc12. The molecule has 102 valence electrons. The highest BCUT2D eigenvalue weighted by atomic mass is 32.2. The van der Waals surface area contributed by atoms with Crippen LogP contribution in [0.1, 0.15) is 12.5 Å². The lowest BCUT2D eigenvalue weighted by atomic mass is 10.2. The van der Waals surface area contributed by atoms with E-state index in [0.717, 1.165) is 15.9 Å². The lowest BCUT2D eigenvalue weighted by Crippen LogP contribution is -2.12. The van der Waals surface area contributed by atoms with E-state index < -0.39 is 10.0 Å². The molecule has 0 unspecified atom stereocenters. The molecule has 1 aromatic carbocycles. The minimum atomic E-state index is -3.52. The molecule has 0 spiro atoms. The lowest BCUT2D eigenvalue weighted by Gasteiger charge is -1.99. The molecule has 0 radical (unpaired) electrons. The number of benzene rings is 1. The van der Waals surface area contributed by atoms with E-state index in [2.05, 4.69) is 5.10 Å². The first kappa shape index (κ1) is 13.5. The third-order valence-corrected chi connectivity index (χ3v) is 3.40. The molecule has 19 heavy (non-hydrogen) atoms. The Morgan fingerprint density at radius 1 is 1.42 bits per heavy atom. The monoisotopic (exact) mass is 282 g/mol. The predicted octanol–water partition coefficient (Wildman–Crippen LogP) is 1.12. The molecule has 1 aromatic heterocycles. The molecule has 0 saturated carbocycles. The standard InChI is InChI=1S/C12H14N2O4S/c1-8-4-5-11-10(6-8)12(18-7-9(2)15)13-14(11)19(3,16)17/h4-6H,7H2,1-3H3. The average Bonchev–Trinajstić information content (AvgIpc) is 2.64. The zero-order valence-electron chi connectivity index (χ0n) is 10.9. The molecule has 6 nitrogen and oxygen atoms in total. The molecule has 0 saturated heterocycles. The first-order valence-corrected chi connectivity index (χ1v) is 7.46. The highest BCUT2D eigenvalue weighted by Gasteiger charge is 2.18. The van der Waals surface area contributed by atoms with Gasteiger partial charge in [-0.05, 0) is 26.0 Å². The molecule has 0 N–H and O–H groups in total. The van der Waals surface area contributed by atoms with Gasteiger partial charge in [0.1, 0.15) is 6.61 Å². The molecular formula is C12H14N2O4S. The van der Waals surface area contributed by atoms with Crippen LogP contribution in [0, 0.1) is 6.92 Å². The van der Waals surface area contributed by atoms with Crippen molar-refractivity contribution in [2.45, 2.75) is 13.8 Å². The van der Waals surface area contributed by atoms with Crippen molar-refractivity contribution in [2.24, 2.45) is 0 Å². The fourth-order valence-corrected chi connectivity index (χ4v) is 2.45. The van der Waals surface area contributed by atoms with Crippen LogP contribution in [0.25, 0.3) is 10.9 Å². The third kappa shape index (κ3) is 2.76. The molecule has 0 aliphatic rings. The lowest BCUT2D eigenvalue weighted by molar-refractivity contribution is -0.118. The number of ether oxygens (including phenoxy) is 1. The van der Waals surface area contributed by atoms with Crippen molar-refractivity contribution in [3.05, 3.63) is 23.8 Å².